The van der Waals surface area contributed by atoms with Gasteiger partial charge in [0.2, 0.25) is 5.91 Å². The molecule has 0 spiro atoms. The first-order chi connectivity index (χ1) is 9.02. The molecular weight excluding hydrogens is 262 g/mol. The van der Waals surface area contributed by atoms with Gasteiger partial charge < -0.3 is 4.90 Å². The molecule has 1 aromatic rings. The molecule has 0 N–H and O–H groups in total. The molecule has 1 aromatic heterocycles. The van der Waals surface area contributed by atoms with E-state index in [9.17, 15) is 4.79 Å². The van der Waals surface area contributed by atoms with Gasteiger partial charge in [-0.2, -0.15) is 5.10 Å². The molecule has 0 unspecified atom stereocenters. The monoisotopic (exact) mass is 283 g/mol. The minimum absolute atomic E-state index is 0.0209. The molecule has 1 atom stereocenters. The van der Waals surface area contributed by atoms with Crippen molar-refractivity contribution in [2.75, 3.05) is 6.54 Å². The fourth-order valence-corrected chi connectivity index (χ4v) is 3.07. The quantitative estimate of drug-likeness (QED) is 0.836. The second-order valence-electron chi connectivity index (χ2n) is 5.55. The van der Waals surface area contributed by atoms with Gasteiger partial charge in [0.1, 0.15) is 0 Å². The second-order valence-corrected chi connectivity index (χ2v) is 5.96. The van der Waals surface area contributed by atoms with E-state index in [1.165, 1.54) is 6.42 Å². The number of rotatable bonds is 2. The van der Waals surface area contributed by atoms with Crippen LogP contribution < -0.4 is 0 Å². The fourth-order valence-electron chi connectivity index (χ4n) is 2.78. The Balaban J connectivity index is 2.35. The van der Waals surface area contributed by atoms with Crippen LogP contribution in [-0.4, -0.2) is 27.1 Å². The van der Waals surface area contributed by atoms with Crippen LogP contribution in [0.2, 0.25) is 5.02 Å². The Labute approximate surface area is 119 Å². The topological polar surface area (TPSA) is 38.1 Å². The number of amides is 1. The lowest BCUT2D eigenvalue weighted by Gasteiger charge is -2.31. The fraction of sp³-hybridized carbons (Fsp3) is 0.714. The van der Waals surface area contributed by atoms with E-state index >= 15 is 0 Å². The average Bonchev–Trinajstić information content (AvgIpc) is 2.58. The van der Waals surface area contributed by atoms with Crippen molar-refractivity contribution in [2.45, 2.75) is 45.6 Å². The number of halogens is 1. The maximum absolute atomic E-state index is 12.4. The third-order valence-electron chi connectivity index (χ3n) is 3.78. The first-order valence-electron chi connectivity index (χ1n) is 7.00. The molecule has 2 rings (SSSR count). The van der Waals surface area contributed by atoms with Crippen LogP contribution in [0.5, 0.6) is 0 Å². The Morgan fingerprint density at radius 1 is 1.42 bits per heavy atom. The molecule has 19 heavy (non-hydrogen) atoms. The van der Waals surface area contributed by atoms with Crippen molar-refractivity contribution in [3.63, 3.8) is 0 Å². The predicted octanol–water partition coefficient (Wildman–Crippen LogP) is 3.17. The van der Waals surface area contributed by atoms with E-state index < -0.39 is 0 Å². The molecule has 0 radical (unpaired) electrons. The number of nitrogens with zero attached hydrogens (tertiary/aromatic N) is 3. The summed E-state index contributed by atoms with van der Waals surface area (Å²) in [4.78, 5) is 14.4. The van der Waals surface area contributed by atoms with Gasteiger partial charge in [-0.15, -0.1) is 0 Å². The summed E-state index contributed by atoms with van der Waals surface area (Å²) in [6.45, 7) is 4.73. The molecule has 1 aliphatic rings. The molecule has 4 nitrogen and oxygen atoms in total. The van der Waals surface area contributed by atoms with E-state index in [4.69, 9.17) is 11.6 Å². The molecule has 0 bridgehead atoms. The van der Waals surface area contributed by atoms with Crippen molar-refractivity contribution in [2.24, 2.45) is 13.0 Å². The van der Waals surface area contributed by atoms with Crippen LogP contribution in [0.25, 0.3) is 0 Å². The number of likely N-dealkylation sites (tertiary alicyclic amines) is 1. The highest BCUT2D eigenvalue weighted by Crippen LogP contribution is 2.34. The Morgan fingerprint density at radius 2 is 2.16 bits per heavy atom. The number of aromatic nitrogens is 2. The number of carbonyl (C=O) groups excluding carboxylic acids is 1. The van der Waals surface area contributed by atoms with Crippen molar-refractivity contribution < 1.29 is 4.79 Å². The Morgan fingerprint density at radius 3 is 2.74 bits per heavy atom. The summed E-state index contributed by atoms with van der Waals surface area (Å²) in [5.41, 5.74) is 0.970. The molecule has 1 aliphatic heterocycles. The maximum atomic E-state index is 12.4. The van der Waals surface area contributed by atoms with Gasteiger partial charge in [0.25, 0.3) is 0 Å². The zero-order chi connectivity index (χ0) is 14.0. The van der Waals surface area contributed by atoms with Crippen molar-refractivity contribution in [1.29, 1.82) is 0 Å². The first-order valence-corrected chi connectivity index (χ1v) is 7.38. The molecule has 1 amide bonds. The largest absolute Gasteiger partial charge is 0.334 e. The van der Waals surface area contributed by atoms with Crippen molar-refractivity contribution in [3.8, 4) is 0 Å². The van der Waals surface area contributed by atoms with Crippen LogP contribution in [0.15, 0.2) is 6.20 Å². The van der Waals surface area contributed by atoms with E-state index in [2.05, 4.69) is 5.10 Å². The molecule has 106 valence electrons. The highest BCUT2D eigenvalue weighted by atomic mass is 35.5. The Bertz CT molecular complexity index is 436. The number of carbonyl (C=O) groups is 1. The molecule has 1 saturated heterocycles. The van der Waals surface area contributed by atoms with Gasteiger partial charge in [0.15, 0.2) is 0 Å². The van der Waals surface area contributed by atoms with Gasteiger partial charge in [-0.3, -0.25) is 9.48 Å². The molecule has 0 aromatic carbocycles. The molecule has 0 saturated carbocycles. The van der Waals surface area contributed by atoms with Gasteiger partial charge in [-0.1, -0.05) is 38.3 Å². The maximum Gasteiger partial charge on any atom is 0.225 e. The summed E-state index contributed by atoms with van der Waals surface area (Å²) >= 11 is 6.26. The van der Waals surface area contributed by atoms with E-state index in [1.54, 1.807) is 10.9 Å². The number of hydrogen-bond acceptors (Lipinski definition) is 2. The Hall–Kier alpha value is -1.03. The van der Waals surface area contributed by atoms with E-state index in [0.717, 1.165) is 31.5 Å². The second kappa shape index (κ2) is 5.95. The normalized spacial score (nSPS) is 20.7. The van der Waals surface area contributed by atoms with Crippen LogP contribution in [0.1, 0.15) is 51.3 Å². The predicted molar refractivity (Wildman–Crippen MR) is 76.0 cm³/mol. The summed E-state index contributed by atoms with van der Waals surface area (Å²) in [6.07, 6.45) is 6.02. The lowest BCUT2D eigenvalue weighted by Crippen LogP contribution is -2.38. The minimum Gasteiger partial charge on any atom is -0.334 e. The van der Waals surface area contributed by atoms with Crippen LogP contribution in [0, 0.1) is 5.92 Å². The highest BCUT2D eigenvalue weighted by Gasteiger charge is 2.31. The number of hydrogen-bond donors (Lipinski definition) is 0. The minimum atomic E-state index is 0.0209. The molecule has 1 fully saturated rings. The smallest absolute Gasteiger partial charge is 0.225 e. The van der Waals surface area contributed by atoms with E-state index in [1.807, 2.05) is 25.8 Å². The van der Waals surface area contributed by atoms with Gasteiger partial charge >= 0.3 is 0 Å². The van der Waals surface area contributed by atoms with E-state index in [-0.39, 0.29) is 17.9 Å². The van der Waals surface area contributed by atoms with Crippen molar-refractivity contribution in [3.05, 3.63) is 16.9 Å². The lowest BCUT2D eigenvalue weighted by molar-refractivity contribution is -0.137. The van der Waals surface area contributed by atoms with Gasteiger partial charge in [-0.25, -0.2) is 0 Å². The third-order valence-corrected chi connectivity index (χ3v) is 4.07. The van der Waals surface area contributed by atoms with E-state index in [0.29, 0.717) is 5.02 Å². The highest BCUT2D eigenvalue weighted by molar-refractivity contribution is 6.31. The first kappa shape index (κ1) is 14.4. The van der Waals surface area contributed by atoms with Crippen LogP contribution in [0.4, 0.5) is 0 Å². The molecule has 0 aliphatic carbocycles. The molecule has 2 heterocycles. The summed E-state index contributed by atoms with van der Waals surface area (Å²) < 4.78 is 1.80. The average molecular weight is 284 g/mol. The standard InChI is InChI=1S/C14H22ClN3O/c1-10(2)14(19)18-8-6-4-5-7-12(18)13-11(15)9-16-17(13)3/h9-10,12H,4-8H2,1-3H3/t12-/m0/s1. The summed E-state index contributed by atoms with van der Waals surface area (Å²) in [5, 5.41) is 4.87. The van der Waals surface area contributed by atoms with Crippen molar-refractivity contribution in [1.82, 2.24) is 14.7 Å². The third kappa shape index (κ3) is 2.94. The Kier molecular flexibility index (Phi) is 4.50. The van der Waals surface area contributed by atoms with Crippen molar-refractivity contribution >= 4 is 17.5 Å². The lowest BCUT2D eigenvalue weighted by atomic mass is 10.0. The van der Waals surface area contributed by atoms with Gasteiger partial charge in [-0.05, 0) is 12.8 Å². The zero-order valence-electron chi connectivity index (χ0n) is 11.9. The summed E-state index contributed by atoms with van der Waals surface area (Å²) in [6, 6.07) is 0.0670. The van der Waals surface area contributed by atoms with Gasteiger partial charge in [0.05, 0.1) is 23.0 Å². The molecular formula is C14H22ClN3O. The summed E-state index contributed by atoms with van der Waals surface area (Å²) in [7, 11) is 1.89. The SMILES string of the molecule is CC(C)C(=O)N1CCCCC[C@H]1c1c(Cl)cnn1C. The molecule has 5 heteroatoms. The number of aryl methyl sites for hydroxylation is 1. The van der Waals surface area contributed by atoms with Crippen LogP contribution in [0.3, 0.4) is 0 Å². The van der Waals surface area contributed by atoms with Crippen LogP contribution in [-0.2, 0) is 11.8 Å². The van der Waals surface area contributed by atoms with Gasteiger partial charge in [0, 0.05) is 19.5 Å². The zero-order valence-corrected chi connectivity index (χ0v) is 12.7. The van der Waals surface area contributed by atoms with Crippen LogP contribution >= 0.6 is 11.6 Å². The summed E-state index contributed by atoms with van der Waals surface area (Å²) in [5.74, 6) is 0.233.